The Morgan fingerprint density at radius 3 is 2.48 bits per heavy atom. The van der Waals surface area contributed by atoms with Crippen LogP contribution in [-0.2, 0) is 23.8 Å². The van der Waals surface area contributed by atoms with Crippen LogP contribution in [0.25, 0.3) is 10.6 Å². The summed E-state index contributed by atoms with van der Waals surface area (Å²) in [4.78, 5) is 20.8. The van der Waals surface area contributed by atoms with Gasteiger partial charge in [0.05, 0.1) is 22.7 Å². The number of benzene rings is 1. The number of nitrogens with one attached hydrogen (secondary N) is 1. The lowest BCUT2D eigenvalue weighted by molar-refractivity contribution is -0.137. The van der Waals surface area contributed by atoms with Gasteiger partial charge in [0.25, 0.3) is 0 Å². The van der Waals surface area contributed by atoms with Crippen LogP contribution in [0.1, 0.15) is 34.8 Å². The minimum absolute atomic E-state index is 0.112. The van der Waals surface area contributed by atoms with Crippen molar-refractivity contribution in [3.05, 3.63) is 57.0 Å². The summed E-state index contributed by atoms with van der Waals surface area (Å²) < 4.78 is 37.9. The van der Waals surface area contributed by atoms with Crippen LogP contribution in [0.4, 0.5) is 13.2 Å². The zero-order valence-corrected chi connectivity index (χ0v) is 17.4. The van der Waals surface area contributed by atoms with Crippen LogP contribution in [-0.4, -0.2) is 22.4 Å². The molecule has 0 atom stereocenters. The minimum Gasteiger partial charge on any atom is -0.356 e. The van der Waals surface area contributed by atoms with Crippen molar-refractivity contribution in [1.82, 2.24) is 15.3 Å². The second kappa shape index (κ2) is 9.49. The van der Waals surface area contributed by atoms with E-state index in [1.165, 1.54) is 23.5 Å². The second-order valence-electron chi connectivity index (χ2n) is 6.59. The minimum atomic E-state index is -4.36. The maximum absolute atomic E-state index is 12.6. The van der Waals surface area contributed by atoms with Crippen molar-refractivity contribution >= 4 is 28.6 Å². The molecule has 2 aromatic heterocycles. The number of carbonyl (C=O) groups is 1. The first-order valence-corrected chi connectivity index (χ1v) is 10.9. The van der Waals surface area contributed by atoms with Crippen LogP contribution >= 0.6 is 22.7 Å². The molecule has 0 radical (unpaired) electrons. The lowest BCUT2D eigenvalue weighted by Crippen LogP contribution is -2.26. The molecule has 0 fully saturated rings. The third-order valence-corrected chi connectivity index (χ3v) is 6.13. The molecular formula is C20H20F3N3OS2. The van der Waals surface area contributed by atoms with Crippen LogP contribution in [0.15, 0.2) is 35.0 Å². The summed E-state index contributed by atoms with van der Waals surface area (Å²) >= 11 is 2.97. The number of alkyl halides is 3. The van der Waals surface area contributed by atoms with E-state index >= 15 is 0 Å². The molecule has 0 unspecified atom stereocenters. The first kappa shape index (κ1) is 21.4. The highest BCUT2D eigenvalue weighted by atomic mass is 32.1. The number of thiazole rings is 2. The maximum Gasteiger partial charge on any atom is 0.416 e. The fourth-order valence-corrected chi connectivity index (χ4v) is 4.34. The van der Waals surface area contributed by atoms with Gasteiger partial charge in [0.2, 0.25) is 5.91 Å². The summed E-state index contributed by atoms with van der Waals surface area (Å²) in [6.07, 6.45) is -1.45. The van der Waals surface area contributed by atoms with Crippen LogP contribution in [0.3, 0.4) is 0 Å². The predicted molar refractivity (Wildman–Crippen MR) is 109 cm³/mol. The van der Waals surface area contributed by atoms with Gasteiger partial charge < -0.3 is 5.32 Å². The number of rotatable bonds is 8. The van der Waals surface area contributed by atoms with Gasteiger partial charge in [-0.2, -0.15) is 13.2 Å². The van der Waals surface area contributed by atoms with Gasteiger partial charge in [-0.15, -0.1) is 22.7 Å². The van der Waals surface area contributed by atoms with Crippen LogP contribution in [0, 0.1) is 6.92 Å². The Morgan fingerprint density at radius 2 is 1.83 bits per heavy atom. The van der Waals surface area contributed by atoms with Gasteiger partial charge in [0, 0.05) is 28.6 Å². The van der Waals surface area contributed by atoms with Gasteiger partial charge in [0.1, 0.15) is 5.01 Å². The van der Waals surface area contributed by atoms with Gasteiger partial charge in [-0.1, -0.05) is 12.1 Å². The Bertz CT molecular complexity index is 949. The third-order valence-electron chi connectivity index (χ3n) is 4.16. The molecule has 0 bridgehead atoms. The van der Waals surface area contributed by atoms with E-state index in [0.717, 1.165) is 42.1 Å². The molecule has 2 heterocycles. The van der Waals surface area contributed by atoms with E-state index in [2.05, 4.69) is 15.3 Å². The molecule has 1 aromatic carbocycles. The first-order valence-electron chi connectivity index (χ1n) is 9.11. The van der Waals surface area contributed by atoms with E-state index in [0.29, 0.717) is 22.8 Å². The van der Waals surface area contributed by atoms with Crippen molar-refractivity contribution in [2.75, 3.05) is 6.54 Å². The van der Waals surface area contributed by atoms with Crippen molar-refractivity contribution < 1.29 is 18.0 Å². The van der Waals surface area contributed by atoms with E-state index in [1.54, 1.807) is 16.7 Å². The number of aromatic nitrogens is 2. The standard InChI is InChI=1S/C20H20F3N3OS2/c1-13-11-28-18(25-13)4-2-3-9-24-17(27)10-16-12-29-19(26-16)14-5-7-15(8-6-14)20(21,22)23/h5-8,11-12H,2-4,9-10H2,1H3,(H,24,27). The lowest BCUT2D eigenvalue weighted by atomic mass is 10.1. The van der Waals surface area contributed by atoms with Crippen LogP contribution in [0.5, 0.6) is 0 Å². The molecular weight excluding hydrogens is 419 g/mol. The van der Waals surface area contributed by atoms with Crippen molar-refractivity contribution in [2.45, 2.75) is 38.8 Å². The smallest absolute Gasteiger partial charge is 0.356 e. The first-order chi connectivity index (χ1) is 13.8. The SMILES string of the molecule is Cc1csc(CCCCNC(=O)Cc2csc(-c3ccc(C(F)(F)F)cc3)n2)n1. The van der Waals surface area contributed by atoms with Crippen LogP contribution in [0.2, 0.25) is 0 Å². The largest absolute Gasteiger partial charge is 0.416 e. The molecule has 0 spiro atoms. The average molecular weight is 440 g/mol. The Labute approximate surface area is 174 Å². The summed E-state index contributed by atoms with van der Waals surface area (Å²) in [5.41, 5.74) is 1.56. The summed E-state index contributed by atoms with van der Waals surface area (Å²) in [7, 11) is 0. The molecule has 3 aromatic rings. The number of amides is 1. The molecule has 154 valence electrons. The Kier molecular flexibility index (Phi) is 7.02. The molecule has 0 saturated carbocycles. The Hall–Kier alpha value is -2.26. The molecule has 0 aliphatic heterocycles. The highest BCUT2D eigenvalue weighted by molar-refractivity contribution is 7.13. The quantitative estimate of drug-likeness (QED) is 0.486. The summed E-state index contributed by atoms with van der Waals surface area (Å²) in [6, 6.07) is 4.87. The number of hydrogen-bond donors (Lipinski definition) is 1. The zero-order valence-electron chi connectivity index (χ0n) is 15.8. The molecule has 0 aliphatic carbocycles. The number of halogens is 3. The van der Waals surface area contributed by atoms with E-state index in [-0.39, 0.29) is 12.3 Å². The summed E-state index contributed by atoms with van der Waals surface area (Å²) in [5.74, 6) is -0.112. The molecule has 0 aliphatic rings. The molecule has 0 saturated heterocycles. The van der Waals surface area contributed by atoms with Gasteiger partial charge in [0.15, 0.2) is 0 Å². The van der Waals surface area contributed by atoms with Gasteiger partial charge in [-0.25, -0.2) is 9.97 Å². The van der Waals surface area contributed by atoms with E-state index in [4.69, 9.17) is 0 Å². The maximum atomic E-state index is 12.6. The molecule has 1 N–H and O–H groups in total. The fourth-order valence-electron chi connectivity index (χ4n) is 2.70. The number of hydrogen-bond acceptors (Lipinski definition) is 5. The second-order valence-corrected chi connectivity index (χ2v) is 8.39. The number of unbranched alkanes of at least 4 members (excludes halogenated alkanes) is 1. The topological polar surface area (TPSA) is 54.9 Å². The molecule has 9 heteroatoms. The number of carbonyl (C=O) groups excluding carboxylic acids is 1. The van der Waals surface area contributed by atoms with Gasteiger partial charge in [-0.05, 0) is 38.3 Å². The van der Waals surface area contributed by atoms with Gasteiger partial charge in [-0.3, -0.25) is 4.79 Å². The Balaban J connectivity index is 1.42. The molecule has 29 heavy (non-hydrogen) atoms. The van der Waals surface area contributed by atoms with Crippen molar-refractivity contribution in [3.63, 3.8) is 0 Å². The summed E-state index contributed by atoms with van der Waals surface area (Å²) in [5, 5.41) is 8.39. The van der Waals surface area contributed by atoms with Gasteiger partial charge >= 0.3 is 6.18 Å². The predicted octanol–water partition coefficient (Wildman–Crippen LogP) is 5.28. The zero-order chi connectivity index (χ0) is 20.9. The van der Waals surface area contributed by atoms with Crippen LogP contribution < -0.4 is 5.32 Å². The van der Waals surface area contributed by atoms with Crippen molar-refractivity contribution in [2.24, 2.45) is 0 Å². The normalized spacial score (nSPS) is 11.6. The number of nitrogens with zero attached hydrogens (tertiary/aromatic N) is 2. The van der Waals surface area contributed by atoms with E-state index < -0.39 is 11.7 Å². The highest BCUT2D eigenvalue weighted by Gasteiger charge is 2.30. The molecule has 3 rings (SSSR count). The van der Waals surface area contributed by atoms with E-state index in [9.17, 15) is 18.0 Å². The third kappa shape index (κ3) is 6.37. The Morgan fingerprint density at radius 1 is 1.07 bits per heavy atom. The highest BCUT2D eigenvalue weighted by Crippen LogP contribution is 2.31. The number of aryl methyl sites for hydroxylation is 2. The average Bonchev–Trinajstić information content (AvgIpc) is 3.30. The van der Waals surface area contributed by atoms with Crippen molar-refractivity contribution in [1.29, 1.82) is 0 Å². The monoisotopic (exact) mass is 439 g/mol. The van der Waals surface area contributed by atoms with E-state index in [1.807, 2.05) is 12.3 Å². The summed E-state index contributed by atoms with van der Waals surface area (Å²) in [6.45, 7) is 2.57. The van der Waals surface area contributed by atoms with Crippen molar-refractivity contribution in [3.8, 4) is 10.6 Å². The lowest BCUT2D eigenvalue weighted by Gasteiger charge is -2.06. The molecule has 4 nitrogen and oxygen atoms in total. The fraction of sp³-hybridized carbons (Fsp3) is 0.350. The molecule has 1 amide bonds.